The Morgan fingerprint density at radius 1 is 1.16 bits per heavy atom. The molecule has 1 amide bonds. The molecular weight excluding hydrogens is 425 g/mol. The minimum Gasteiger partial charge on any atom is -0.319 e. The van der Waals surface area contributed by atoms with Gasteiger partial charge in [-0.1, -0.05) is 30.3 Å². The Morgan fingerprint density at radius 3 is 2.47 bits per heavy atom. The molecule has 0 saturated carbocycles. The first-order chi connectivity index (χ1) is 15.3. The van der Waals surface area contributed by atoms with Crippen LogP contribution < -0.4 is 5.32 Å². The summed E-state index contributed by atoms with van der Waals surface area (Å²) >= 11 is 0. The van der Waals surface area contributed by atoms with Gasteiger partial charge in [-0.3, -0.25) is 9.48 Å². The molecule has 0 aliphatic heterocycles. The number of nitrogens with one attached hydrogen (secondary N) is 1. The van der Waals surface area contributed by atoms with E-state index in [1.54, 1.807) is 18.2 Å². The molecule has 1 aromatic carbocycles. The summed E-state index contributed by atoms with van der Waals surface area (Å²) in [5, 5.41) is 23.4. The van der Waals surface area contributed by atoms with Gasteiger partial charge in [0.2, 0.25) is 0 Å². The van der Waals surface area contributed by atoms with Crippen LogP contribution in [0.1, 0.15) is 21.6 Å². The molecule has 4 aromatic rings. The molecule has 0 spiro atoms. The van der Waals surface area contributed by atoms with E-state index < -0.39 is 23.3 Å². The molecule has 4 rings (SSSR count). The van der Waals surface area contributed by atoms with Crippen LogP contribution in [0.5, 0.6) is 0 Å². The molecule has 0 aliphatic rings. The molecule has 12 heteroatoms. The second kappa shape index (κ2) is 7.95. The number of nitriles is 1. The Bertz CT molecular complexity index is 1320. The summed E-state index contributed by atoms with van der Waals surface area (Å²) in [4.78, 5) is 18.0. The summed E-state index contributed by atoms with van der Waals surface area (Å²) in [6.07, 6.45) is -0.856. The summed E-state index contributed by atoms with van der Waals surface area (Å²) in [5.41, 5.74) is -1.93. The third-order valence-corrected chi connectivity index (χ3v) is 4.45. The van der Waals surface area contributed by atoms with Gasteiger partial charge in [-0.15, -0.1) is 4.80 Å². The molecule has 9 nitrogen and oxygen atoms in total. The van der Waals surface area contributed by atoms with E-state index in [0.717, 1.165) is 9.48 Å². The van der Waals surface area contributed by atoms with Gasteiger partial charge < -0.3 is 5.32 Å². The number of anilines is 1. The Labute approximate surface area is 178 Å². The number of hydrogen-bond acceptors (Lipinski definition) is 6. The van der Waals surface area contributed by atoms with Gasteiger partial charge >= 0.3 is 6.18 Å². The Balaban J connectivity index is 1.73. The summed E-state index contributed by atoms with van der Waals surface area (Å²) in [7, 11) is 1.25. The second-order valence-electron chi connectivity index (χ2n) is 6.54. The zero-order chi connectivity index (χ0) is 22.9. The van der Waals surface area contributed by atoms with Crippen LogP contribution in [0.4, 0.5) is 18.9 Å². The van der Waals surface area contributed by atoms with Crippen molar-refractivity contribution >= 4 is 11.6 Å². The number of carbonyl (C=O) groups excluding carboxylic acids is 1. The molecule has 32 heavy (non-hydrogen) atoms. The van der Waals surface area contributed by atoms with Crippen molar-refractivity contribution in [2.24, 2.45) is 7.05 Å². The highest BCUT2D eigenvalue weighted by Gasteiger charge is 2.42. The van der Waals surface area contributed by atoms with E-state index >= 15 is 0 Å². The number of rotatable bonds is 4. The van der Waals surface area contributed by atoms with Crippen molar-refractivity contribution < 1.29 is 18.0 Å². The van der Waals surface area contributed by atoms with E-state index in [1.807, 2.05) is 6.07 Å². The minimum absolute atomic E-state index is 0.0185. The summed E-state index contributed by atoms with van der Waals surface area (Å²) in [6.45, 7) is 0. The lowest BCUT2D eigenvalue weighted by Crippen LogP contribution is -2.21. The first-order valence-electron chi connectivity index (χ1n) is 9.07. The third-order valence-electron chi connectivity index (χ3n) is 4.45. The second-order valence-corrected chi connectivity index (χ2v) is 6.54. The molecule has 0 atom stereocenters. The van der Waals surface area contributed by atoms with E-state index in [2.05, 4.69) is 25.6 Å². The van der Waals surface area contributed by atoms with Gasteiger partial charge in [0, 0.05) is 12.6 Å². The standard InChI is InChI=1S/C20H13F3N8O/c1-30-17(15(20(21,22)23)16(29-30)12-5-3-2-4-6-12)19(32)28-14-9-13(10-24)18(25-11-14)31-26-7-8-27-31/h2-9,11H,1H3,(H,28,32). The molecule has 0 bridgehead atoms. The van der Waals surface area contributed by atoms with Gasteiger partial charge in [0.1, 0.15) is 28.6 Å². The lowest BCUT2D eigenvalue weighted by atomic mass is 10.0. The SMILES string of the molecule is Cn1nc(-c2ccccc2)c(C(F)(F)F)c1C(=O)Nc1cnc(-n2nccn2)c(C#N)c1. The Kier molecular flexibility index (Phi) is 5.15. The monoisotopic (exact) mass is 438 g/mol. The van der Waals surface area contributed by atoms with E-state index in [1.165, 1.54) is 43.8 Å². The van der Waals surface area contributed by atoms with Crippen LogP contribution in [-0.4, -0.2) is 35.7 Å². The number of aryl methyl sites for hydroxylation is 1. The van der Waals surface area contributed by atoms with Crippen molar-refractivity contribution in [3.8, 4) is 23.1 Å². The van der Waals surface area contributed by atoms with Crippen molar-refractivity contribution in [1.29, 1.82) is 5.26 Å². The van der Waals surface area contributed by atoms with Crippen molar-refractivity contribution in [1.82, 2.24) is 29.8 Å². The van der Waals surface area contributed by atoms with Crippen LogP contribution in [0.15, 0.2) is 55.0 Å². The maximum atomic E-state index is 13.9. The Hall–Kier alpha value is -4.53. The molecule has 1 N–H and O–H groups in total. The number of aromatic nitrogens is 6. The highest BCUT2D eigenvalue weighted by Crippen LogP contribution is 2.39. The lowest BCUT2D eigenvalue weighted by Gasteiger charge is -2.12. The predicted octanol–water partition coefficient (Wildman–Crippen LogP) is 3.21. The first-order valence-corrected chi connectivity index (χ1v) is 9.07. The van der Waals surface area contributed by atoms with Crippen LogP contribution in [0.25, 0.3) is 17.1 Å². The zero-order valence-electron chi connectivity index (χ0n) is 16.4. The number of carbonyl (C=O) groups is 1. The number of alkyl halides is 3. The van der Waals surface area contributed by atoms with E-state index in [-0.39, 0.29) is 28.3 Å². The number of benzene rings is 1. The quantitative estimate of drug-likeness (QED) is 0.523. The fourth-order valence-corrected chi connectivity index (χ4v) is 3.13. The number of hydrogen-bond donors (Lipinski definition) is 1. The molecule has 160 valence electrons. The molecule has 3 heterocycles. The number of pyridine rings is 1. The fourth-order valence-electron chi connectivity index (χ4n) is 3.13. The highest BCUT2D eigenvalue weighted by atomic mass is 19.4. The van der Waals surface area contributed by atoms with Crippen molar-refractivity contribution in [2.75, 3.05) is 5.32 Å². The fraction of sp³-hybridized carbons (Fsp3) is 0.100. The number of amides is 1. The first kappa shape index (κ1) is 20.7. The van der Waals surface area contributed by atoms with E-state index in [4.69, 9.17) is 0 Å². The van der Waals surface area contributed by atoms with E-state index in [0.29, 0.717) is 0 Å². The van der Waals surface area contributed by atoms with Gasteiger partial charge in [-0.2, -0.15) is 33.7 Å². The predicted molar refractivity (Wildman–Crippen MR) is 105 cm³/mol. The largest absolute Gasteiger partial charge is 0.420 e. The minimum atomic E-state index is -4.84. The van der Waals surface area contributed by atoms with Gasteiger partial charge in [-0.25, -0.2) is 4.98 Å². The van der Waals surface area contributed by atoms with Crippen LogP contribution in [0.2, 0.25) is 0 Å². The van der Waals surface area contributed by atoms with E-state index in [9.17, 15) is 23.2 Å². The van der Waals surface area contributed by atoms with Crippen LogP contribution in [0.3, 0.4) is 0 Å². The van der Waals surface area contributed by atoms with Crippen LogP contribution in [0, 0.1) is 11.3 Å². The molecular formula is C20H13F3N8O. The van der Waals surface area contributed by atoms with Crippen molar-refractivity contribution in [2.45, 2.75) is 6.18 Å². The third kappa shape index (κ3) is 3.79. The normalized spacial score (nSPS) is 11.2. The average molecular weight is 438 g/mol. The lowest BCUT2D eigenvalue weighted by molar-refractivity contribution is -0.137. The van der Waals surface area contributed by atoms with Gasteiger partial charge in [-0.05, 0) is 6.07 Å². The zero-order valence-corrected chi connectivity index (χ0v) is 16.4. The average Bonchev–Trinajstić information content (AvgIpc) is 3.42. The van der Waals surface area contributed by atoms with Crippen LogP contribution >= 0.6 is 0 Å². The summed E-state index contributed by atoms with van der Waals surface area (Å²) in [5.74, 6) is -0.941. The van der Waals surface area contributed by atoms with Crippen molar-refractivity contribution in [3.63, 3.8) is 0 Å². The Morgan fingerprint density at radius 2 is 1.84 bits per heavy atom. The molecule has 0 unspecified atom stereocenters. The summed E-state index contributed by atoms with van der Waals surface area (Å²) in [6, 6.07) is 10.9. The highest BCUT2D eigenvalue weighted by molar-refractivity contribution is 6.05. The van der Waals surface area contributed by atoms with Gasteiger partial charge in [0.05, 0.1) is 24.3 Å². The topological polar surface area (TPSA) is 114 Å². The number of nitrogens with zero attached hydrogens (tertiary/aromatic N) is 7. The van der Waals surface area contributed by atoms with Gasteiger partial charge in [0.25, 0.3) is 5.91 Å². The maximum Gasteiger partial charge on any atom is 0.420 e. The molecule has 0 aliphatic carbocycles. The summed E-state index contributed by atoms with van der Waals surface area (Å²) < 4.78 is 42.7. The molecule has 0 radical (unpaired) electrons. The van der Waals surface area contributed by atoms with Crippen molar-refractivity contribution in [3.05, 3.63) is 71.8 Å². The smallest absolute Gasteiger partial charge is 0.319 e. The maximum absolute atomic E-state index is 13.9. The molecule has 0 saturated heterocycles. The van der Waals surface area contributed by atoms with Crippen LogP contribution in [-0.2, 0) is 13.2 Å². The number of halogens is 3. The molecule has 0 fully saturated rings. The molecule has 3 aromatic heterocycles. The van der Waals surface area contributed by atoms with Gasteiger partial charge in [0.15, 0.2) is 5.82 Å².